The van der Waals surface area contributed by atoms with Crippen molar-refractivity contribution in [2.45, 2.75) is 72.1 Å². The Labute approximate surface area is 123 Å². The van der Waals surface area contributed by atoms with Gasteiger partial charge in [0.1, 0.15) is 0 Å². The predicted octanol–water partition coefficient (Wildman–Crippen LogP) is 2.79. The van der Waals surface area contributed by atoms with Crippen molar-refractivity contribution in [3.8, 4) is 0 Å². The zero-order valence-corrected chi connectivity index (χ0v) is 13.8. The van der Waals surface area contributed by atoms with Crippen LogP contribution in [0, 0.1) is 5.92 Å². The predicted molar refractivity (Wildman–Crippen MR) is 82.1 cm³/mol. The van der Waals surface area contributed by atoms with Crippen LogP contribution < -0.4 is 5.46 Å². The van der Waals surface area contributed by atoms with Crippen LogP contribution in [0.4, 0.5) is 0 Å². The second-order valence-corrected chi connectivity index (χ2v) is 7.32. The van der Waals surface area contributed by atoms with E-state index >= 15 is 0 Å². The van der Waals surface area contributed by atoms with Crippen LogP contribution in [0.2, 0.25) is 0 Å². The van der Waals surface area contributed by atoms with Crippen LogP contribution in [-0.4, -0.2) is 28.1 Å². The SMILES string of the molecule is CC(C)CC(C)n1cc(B2OC(C)(C)C(C)(C)O2)cn1. The molecule has 1 fully saturated rings. The summed E-state index contributed by atoms with van der Waals surface area (Å²) in [4.78, 5) is 0. The number of hydrogen-bond acceptors (Lipinski definition) is 3. The average Bonchev–Trinajstić information content (AvgIpc) is 2.81. The molecule has 0 aliphatic carbocycles. The van der Waals surface area contributed by atoms with Crippen LogP contribution in [0.5, 0.6) is 0 Å². The summed E-state index contributed by atoms with van der Waals surface area (Å²) in [7, 11) is -0.319. The second-order valence-electron chi connectivity index (χ2n) is 7.32. The van der Waals surface area contributed by atoms with Gasteiger partial charge in [0.25, 0.3) is 0 Å². The monoisotopic (exact) mass is 278 g/mol. The Balaban J connectivity index is 2.11. The summed E-state index contributed by atoms with van der Waals surface area (Å²) < 4.78 is 14.1. The van der Waals surface area contributed by atoms with Gasteiger partial charge in [0.2, 0.25) is 0 Å². The minimum Gasteiger partial charge on any atom is -0.399 e. The molecule has 0 amide bonds. The Kier molecular flexibility index (Phi) is 4.04. The average molecular weight is 278 g/mol. The van der Waals surface area contributed by atoms with Gasteiger partial charge in [0, 0.05) is 23.9 Å². The molecule has 0 aromatic carbocycles. The Morgan fingerprint density at radius 2 is 1.70 bits per heavy atom. The van der Waals surface area contributed by atoms with E-state index in [-0.39, 0.29) is 18.3 Å². The van der Waals surface area contributed by atoms with Crippen LogP contribution in [-0.2, 0) is 9.31 Å². The molecule has 1 aliphatic rings. The van der Waals surface area contributed by atoms with Gasteiger partial charge in [-0.05, 0) is 47.0 Å². The summed E-state index contributed by atoms with van der Waals surface area (Å²) in [6.45, 7) is 14.9. The molecule has 2 heterocycles. The third kappa shape index (κ3) is 2.94. The molecule has 0 radical (unpaired) electrons. The number of nitrogens with zero attached hydrogens (tertiary/aromatic N) is 2. The first-order valence-corrected chi connectivity index (χ1v) is 7.52. The second kappa shape index (κ2) is 5.19. The van der Waals surface area contributed by atoms with Gasteiger partial charge in [-0.15, -0.1) is 0 Å². The molecule has 1 saturated heterocycles. The van der Waals surface area contributed by atoms with Crippen LogP contribution >= 0.6 is 0 Å². The summed E-state index contributed by atoms with van der Waals surface area (Å²) in [5.74, 6) is 0.662. The maximum Gasteiger partial charge on any atom is 0.498 e. The number of rotatable bonds is 4. The topological polar surface area (TPSA) is 36.3 Å². The zero-order chi connectivity index (χ0) is 15.1. The first-order valence-electron chi connectivity index (χ1n) is 7.52. The van der Waals surface area contributed by atoms with Gasteiger partial charge in [-0.25, -0.2) is 0 Å². The van der Waals surface area contributed by atoms with Crippen molar-refractivity contribution < 1.29 is 9.31 Å². The highest BCUT2D eigenvalue weighted by molar-refractivity contribution is 6.61. The van der Waals surface area contributed by atoms with Gasteiger partial charge < -0.3 is 9.31 Å². The summed E-state index contributed by atoms with van der Waals surface area (Å²) in [5, 5.41) is 4.47. The van der Waals surface area contributed by atoms with E-state index in [1.807, 2.05) is 10.9 Å². The fraction of sp³-hybridized carbons (Fsp3) is 0.800. The smallest absolute Gasteiger partial charge is 0.399 e. The molecule has 4 nitrogen and oxygen atoms in total. The Bertz CT molecular complexity index is 452. The van der Waals surface area contributed by atoms with E-state index < -0.39 is 0 Å². The molecule has 112 valence electrons. The molecule has 5 heteroatoms. The molecule has 2 rings (SSSR count). The molecule has 0 saturated carbocycles. The third-order valence-corrected chi connectivity index (χ3v) is 4.41. The van der Waals surface area contributed by atoms with E-state index in [4.69, 9.17) is 9.31 Å². The maximum absolute atomic E-state index is 6.05. The third-order valence-electron chi connectivity index (χ3n) is 4.41. The normalized spacial score (nSPS) is 22.5. The van der Waals surface area contributed by atoms with Crippen molar-refractivity contribution in [2.24, 2.45) is 5.92 Å². The van der Waals surface area contributed by atoms with E-state index in [1.54, 1.807) is 0 Å². The molecule has 1 aliphatic heterocycles. The quantitative estimate of drug-likeness (QED) is 0.795. The highest BCUT2D eigenvalue weighted by atomic mass is 16.7. The Morgan fingerprint density at radius 3 is 2.20 bits per heavy atom. The molecule has 20 heavy (non-hydrogen) atoms. The lowest BCUT2D eigenvalue weighted by atomic mass is 9.82. The highest BCUT2D eigenvalue weighted by Crippen LogP contribution is 2.36. The van der Waals surface area contributed by atoms with E-state index in [0.29, 0.717) is 12.0 Å². The summed E-state index contributed by atoms with van der Waals surface area (Å²) in [6, 6.07) is 0.395. The van der Waals surface area contributed by atoms with Gasteiger partial charge in [0.05, 0.1) is 11.2 Å². The van der Waals surface area contributed by atoms with Gasteiger partial charge in [-0.3, -0.25) is 4.68 Å². The van der Waals surface area contributed by atoms with Crippen LogP contribution in [0.15, 0.2) is 12.4 Å². The van der Waals surface area contributed by atoms with Crippen LogP contribution in [0.25, 0.3) is 0 Å². The zero-order valence-electron chi connectivity index (χ0n) is 13.8. The van der Waals surface area contributed by atoms with E-state index in [9.17, 15) is 0 Å². The molecule has 1 aromatic rings. The molecule has 0 N–H and O–H groups in total. The first-order chi connectivity index (χ1) is 9.12. The molecule has 0 spiro atoms. The van der Waals surface area contributed by atoms with E-state index in [1.165, 1.54) is 0 Å². The van der Waals surface area contributed by atoms with E-state index in [2.05, 4.69) is 59.8 Å². The molecule has 0 bridgehead atoms. The van der Waals surface area contributed by atoms with Crippen molar-refractivity contribution >= 4 is 12.6 Å². The van der Waals surface area contributed by atoms with Crippen molar-refractivity contribution in [3.05, 3.63) is 12.4 Å². The molecular weight excluding hydrogens is 251 g/mol. The molecular formula is C15H27BN2O2. The van der Waals surface area contributed by atoms with Crippen molar-refractivity contribution in [1.82, 2.24) is 9.78 Å². The Morgan fingerprint density at radius 1 is 1.15 bits per heavy atom. The number of aromatic nitrogens is 2. The van der Waals surface area contributed by atoms with Crippen LogP contribution in [0.3, 0.4) is 0 Å². The van der Waals surface area contributed by atoms with Gasteiger partial charge in [-0.2, -0.15) is 5.10 Å². The first kappa shape index (κ1) is 15.6. The molecule has 1 atom stereocenters. The molecule has 1 unspecified atom stereocenters. The van der Waals surface area contributed by atoms with Crippen molar-refractivity contribution in [1.29, 1.82) is 0 Å². The standard InChI is InChI=1S/C15H27BN2O2/c1-11(2)8-12(3)18-10-13(9-17-18)16-19-14(4,5)15(6,7)20-16/h9-12H,8H2,1-7H3. The van der Waals surface area contributed by atoms with Crippen molar-refractivity contribution in [3.63, 3.8) is 0 Å². The van der Waals surface area contributed by atoms with Crippen LogP contribution in [0.1, 0.15) is 60.9 Å². The minimum atomic E-state index is -0.319. The summed E-state index contributed by atoms with van der Waals surface area (Å²) in [6.07, 6.45) is 5.03. The highest BCUT2D eigenvalue weighted by Gasteiger charge is 2.52. The van der Waals surface area contributed by atoms with Crippen molar-refractivity contribution in [2.75, 3.05) is 0 Å². The van der Waals surface area contributed by atoms with Gasteiger partial charge in [0.15, 0.2) is 0 Å². The minimum absolute atomic E-state index is 0.302. The van der Waals surface area contributed by atoms with Gasteiger partial charge in [-0.1, -0.05) is 13.8 Å². The molecule has 1 aromatic heterocycles. The lowest BCUT2D eigenvalue weighted by Gasteiger charge is -2.32. The van der Waals surface area contributed by atoms with Gasteiger partial charge >= 0.3 is 7.12 Å². The lowest BCUT2D eigenvalue weighted by Crippen LogP contribution is -2.41. The summed E-state index contributed by atoms with van der Waals surface area (Å²) in [5.41, 5.74) is 0.395. The summed E-state index contributed by atoms with van der Waals surface area (Å²) >= 11 is 0. The van der Waals surface area contributed by atoms with E-state index in [0.717, 1.165) is 11.9 Å². The fourth-order valence-electron chi connectivity index (χ4n) is 2.48. The number of hydrogen-bond donors (Lipinski definition) is 0. The maximum atomic E-state index is 6.05. The Hall–Kier alpha value is -0.805. The largest absolute Gasteiger partial charge is 0.498 e. The lowest BCUT2D eigenvalue weighted by molar-refractivity contribution is 0.00578. The fourth-order valence-corrected chi connectivity index (χ4v) is 2.48.